The maximum atomic E-state index is 11.6. The fourth-order valence-corrected chi connectivity index (χ4v) is 2.07. The molecule has 0 spiro atoms. The van der Waals surface area contributed by atoms with Gasteiger partial charge in [0.25, 0.3) is 0 Å². The Hall–Kier alpha value is -1.06. The van der Waals surface area contributed by atoms with Crippen LogP contribution in [0.25, 0.3) is 0 Å². The molecule has 4 nitrogen and oxygen atoms in total. The van der Waals surface area contributed by atoms with Gasteiger partial charge in [0.05, 0.1) is 0 Å². The third-order valence-corrected chi connectivity index (χ3v) is 2.67. The molecule has 1 rings (SSSR count). The number of nitrogens with one attached hydrogen (secondary N) is 1. The van der Waals surface area contributed by atoms with E-state index in [0.717, 1.165) is 0 Å². The molecule has 0 heterocycles. The lowest BCUT2D eigenvalue weighted by atomic mass is 9.99. The lowest BCUT2D eigenvalue weighted by Crippen LogP contribution is -2.46. The lowest BCUT2D eigenvalue weighted by Gasteiger charge is -2.27. The minimum absolute atomic E-state index is 0.0277. The number of rotatable bonds is 1. The summed E-state index contributed by atoms with van der Waals surface area (Å²) in [6, 6.07) is 0. The van der Waals surface area contributed by atoms with Gasteiger partial charge in [0.2, 0.25) is 0 Å². The minimum Gasteiger partial charge on any atom is -0.444 e. The summed E-state index contributed by atoms with van der Waals surface area (Å²) in [7, 11) is 0. The van der Waals surface area contributed by atoms with Gasteiger partial charge in [-0.15, -0.1) is 0 Å². The molecule has 1 saturated carbocycles. The van der Waals surface area contributed by atoms with Crippen LogP contribution in [0.1, 0.15) is 47.5 Å². The number of Topliss-reactive ketones (excluding diaryl/α,β-unsaturated/α-hetero) is 1. The number of hydrogen-bond donors (Lipinski definition) is 1. The van der Waals surface area contributed by atoms with Crippen LogP contribution in [0.15, 0.2) is 0 Å². The Bertz CT molecular complexity index is 306. The Kier molecular flexibility index (Phi) is 3.31. The van der Waals surface area contributed by atoms with Gasteiger partial charge in [0, 0.05) is 17.9 Å². The highest BCUT2D eigenvalue weighted by Crippen LogP contribution is 2.31. The molecule has 16 heavy (non-hydrogen) atoms. The van der Waals surface area contributed by atoms with Crippen molar-refractivity contribution in [2.24, 2.45) is 5.92 Å². The van der Waals surface area contributed by atoms with Gasteiger partial charge in [-0.1, -0.05) is 6.92 Å². The van der Waals surface area contributed by atoms with E-state index in [1.165, 1.54) is 0 Å². The van der Waals surface area contributed by atoms with Gasteiger partial charge < -0.3 is 10.1 Å². The summed E-state index contributed by atoms with van der Waals surface area (Å²) >= 11 is 0. The highest BCUT2D eigenvalue weighted by Gasteiger charge is 2.40. The number of amides is 1. The number of carbonyl (C=O) groups excluding carboxylic acids is 2. The van der Waals surface area contributed by atoms with Gasteiger partial charge in [-0.25, -0.2) is 4.79 Å². The molecule has 0 radical (unpaired) electrons. The van der Waals surface area contributed by atoms with Crippen LogP contribution in [0.4, 0.5) is 4.79 Å². The summed E-state index contributed by atoms with van der Waals surface area (Å²) in [5.74, 6) is 0.235. The van der Waals surface area contributed by atoms with E-state index in [0.29, 0.717) is 12.8 Å². The number of hydrogen-bond acceptors (Lipinski definition) is 3. The third-order valence-electron chi connectivity index (χ3n) is 2.67. The highest BCUT2D eigenvalue weighted by molar-refractivity contribution is 5.85. The fraction of sp³-hybridized carbons (Fsp3) is 0.833. The molecule has 0 aromatic heterocycles. The molecule has 1 aliphatic carbocycles. The molecule has 4 heteroatoms. The monoisotopic (exact) mass is 227 g/mol. The van der Waals surface area contributed by atoms with Gasteiger partial charge in [-0.05, 0) is 34.1 Å². The van der Waals surface area contributed by atoms with Gasteiger partial charge in [-0.2, -0.15) is 0 Å². The van der Waals surface area contributed by atoms with Crippen LogP contribution in [0.5, 0.6) is 0 Å². The van der Waals surface area contributed by atoms with Gasteiger partial charge in [-0.3, -0.25) is 4.79 Å². The van der Waals surface area contributed by atoms with Crippen LogP contribution in [-0.4, -0.2) is 23.0 Å². The van der Waals surface area contributed by atoms with Crippen molar-refractivity contribution in [3.05, 3.63) is 0 Å². The predicted molar refractivity (Wildman–Crippen MR) is 61.2 cm³/mol. The number of ketones is 1. The Morgan fingerprint density at radius 3 is 2.44 bits per heavy atom. The molecule has 0 aromatic rings. The molecule has 0 unspecified atom stereocenters. The van der Waals surface area contributed by atoms with E-state index in [1.54, 1.807) is 0 Å². The molecule has 0 aliphatic heterocycles. The minimum atomic E-state index is -0.505. The van der Waals surface area contributed by atoms with Crippen LogP contribution in [0.2, 0.25) is 0 Å². The molecule has 1 fully saturated rings. The summed E-state index contributed by atoms with van der Waals surface area (Å²) in [6.45, 7) is 9.23. The molecule has 0 bridgehead atoms. The van der Waals surface area contributed by atoms with E-state index >= 15 is 0 Å². The van der Waals surface area contributed by atoms with Crippen molar-refractivity contribution >= 4 is 11.9 Å². The van der Waals surface area contributed by atoms with E-state index in [-0.39, 0.29) is 11.7 Å². The van der Waals surface area contributed by atoms with Crippen LogP contribution >= 0.6 is 0 Å². The van der Waals surface area contributed by atoms with Gasteiger partial charge in [0.15, 0.2) is 0 Å². The smallest absolute Gasteiger partial charge is 0.408 e. The summed E-state index contributed by atoms with van der Waals surface area (Å²) < 4.78 is 5.17. The van der Waals surface area contributed by atoms with Crippen molar-refractivity contribution < 1.29 is 14.3 Å². The zero-order valence-corrected chi connectivity index (χ0v) is 10.7. The van der Waals surface area contributed by atoms with Crippen molar-refractivity contribution in [2.45, 2.75) is 58.6 Å². The Morgan fingerprint density at radius 1 is 1.50 bits per heavy atom. The largest absolute Gasteiger partial charge is 0.444 e. The molecular formula is C12H21NO3. The second-order valence-corrected chi connectivity index (χ2v) is 5.94. The van der Waals surface area contributed by atoms with Crippen molar-refractivity contribution in [1.29, 1.82) is 0 Å². The van der Waals surface area contributed by atoms with Crippen LogP contribution in [0.3, 0.4) is 0 Å². The van der Waals surface area contributed by atoms with Crippen molar-refractivity contribution in [2.75, 3.05) is 0 Å². The zero-order chi connectivity index (χ0) is 12.6. The molecular weight excluding hydrogens is 206 g/mol. The first kappa shape index (κ1) is 13.0. The summed E-state index contributed by atoms with van der Waals surface area (Å²) in [5, 5.41) is 2.79. The zero-order valence-electron chi connectivity index (χ0n) is 10.7. The van der Waals surface area contributed by atoms with Crippen LogP contribution in [-0.2, 0) is 9.53 Å². The molecule has 1 aliphatic rings. The molecule has 1 amide bonds. The third kappa shape index (κ3) is 3.51. The standard InChI is InChI=1S/C12H21NO3/c1-8-6-12(5,7-9(8)14)13-10(15)16-11(2,3)4/h8H,6-7H2,1-5H3,(H,13,15)/t8-,12-/m1/s1. The number of alkyl carbamates (subject to hydrolysis) is 1. The van der Waals surface area contributed by atoms with E-state index in [2.05, 4.69) is 5.32 Å². The van der Waals surface area contributed by atoms with Crippen molar-refractivity contribution in [3.8, 4) is 0 Å². The number of ether oxygens (including phenoxy) is 1. The summed E-state index contributed by atoms with van der Waals surface area (Å²) in [6.07, 6.45) is 0.635. The van der Waals surface area contributed by atoms with Crippen LogP contribution < -0.4 is 5.32 Å². The summed E-state index contributed by atoms with van der Waals surface area (Å²) in [4.78, 5) is 23.1. The first-order valence-electron chi connectivity index (χ1n) is 5.65. The Morgan fingerprint density at radius 2 is 2.06 bits per heavy atom. The van der Waals surface area contributed by atoms with Crippen LogP contribution in [0, 0.1) is 5.92 Å². The normalized spacial score (nSPS) is 30.3. The highest BCUT2D eigenvalue weighted by atomic mass is 16.6. The first-order valence-corrected chi connectivity index (χ1v) is 5.65. The maximum absolute atomic E-state index is 11.6. The van der Waals surface area contributed by atoms with E-state index < -0.39 is 17.2 Å². The molecule has 0 saturated heterocycles. The van der Waals surface area contributed by atoms with E-state index in [9.17, 15) is 9.59 Å². The SMILES string of the molecule is C[C@@H]1C[C@@](C)(NC(=O)OC(C)(C)C)CC1=O. The Balaban J connectivity index is 2.55. The molecule has 1 N–H and O–H groups in total. The van der Waals surface area contributed by atoms with Gasteiger partial charge in [0.1, 0.15) is 11.4 Å². The van der Waals surface area contributed by atoms with E-state index in [1.807, 2.05) is 34.6 Å². The maximum Gasteiger partial charge on any atom is 0.408 e. The first-order chi connectivity index (χ1) is 7.11. The fourth-order valence-electron chi connectivity index (χ4n) is 2.07. The topological polar surface area (TPSA) is 55.4 Å². The molecule has 0 aromatic carbocycles. The quantitative estimate of drug-likeness (QED) is 0.747. The van der Waals surface area contributed by atoms with E-state index in [4.69, 9.17) is 4.74 Å². The van der Waals surface area contributed by atoms with Gasteiger partial charge >= 0.3 is 6.09 Å². The molecule has 92 valence electrons. The second kappa shape index (κ2) is 4.07. The van der Waals surface area contributed by atoms with Crippen molar-refractivity contribution in [1.82, 2.24) is 5.32 Å². The average molecular weight is 227 g/mol. The Labute approximate surface area is 96.7 Å². The second-order valence-electron chi connectivity index (χ2n) is 5.94. The summed E-state index contributed by atoms with van der Waals surface area (Å²) in [5.41, 5.74) is -0.951. The van der Waals surface area contributed by atoms with Crippen molar-refractivity contribution in [3.63, 3.8) is 0 Å². The molecule has 2 atom stereocenters. The number of carbonyl (C=O) groups is 2. The predicted octanol–water partition coefficient (Wildman–Crippen LogP) is 2.27. The average Bonchev–Trinajstić information content (AvgIpc) is 2.19. The lowest BCUT2D eigenvalue weighted by molar-refractivity contribution is -0.120.